The third-order valence-corrected chi connectivity index (χ3v) is 8.01. The van der Waals surface area contributed by atoms with Crippen LogP contribution in [0.5, 0.6) is 0 Å². The minimum atomic E-state index is -1.52. The molecule has 14 heteroatoms. The maximum Gasteiger partial charge on any atom is 0.412 e. The maximum absolute atomic E-state index is 13.7. The monoisotopic (exact) mass is 675 g/mol. The van der Waals surface area contributed by atoms with Crippen LogP contribution < -0.4 is 16.0 Å². The van der Waals surface area contributed by atoms with Gasteiger partial charge in [0.1, 0.15) is 6.10 Å². The smallest absolute Gasteiger partial charge is 0.412 e. The van der Waals surface area contributed by atoms with Gasteiger partial charge in [0, 0.05) is 38.7 Å². The van der Waals surface area contributed by atoms with Crippen LogP contribution >= 0.6 is 0 Å². The van der Waals surface area contributed by atoms with E-state index in [9.17, 15) is 29.1 Å². The lowest BCUT2D eigenvalue weighted by molar-refractivity contribution is -0.300. The Kier molecular flexibility index (Phi) is 16.3. The fraction of sp³-hybridized carbons (Fsp3) is 0.618. The second-order valence-electron chi connectivity index (χ2n) is 11.8. The summed E-state index contributed by atoms with van der Waals surface area (Å²) in [6, 6.07) is 8.43. The highest BCUT2D eigenvalue weighted by Gasteiger charge is 2.53. The van der Waals surface area contributed by atoms with Crippen molar-refractivity contribution in [2.75, 3.05) is 32.1 Å². The fourth-order valence-corrected chi connectivity index (χ4v) is 5.32. The van der Waals surface area contributed by atoms with Gasteiger partial charge in [0.15, 0.2) is 24.6 Å². The Morgan fingerprint density at radius 3 is 1.90 bits per heavy atom. The number of fused-ring (bicyclic) bond motifs is 1. The van der Waals surface area contributed by atoms with E-state index in [1.807, 2.05) is 13.8 Å². The number of aliphatic hydroxyl groups excluding tert-OH is 1. The third-order valence-electron chi connectivity index (χ3n) is 8.01. The van der Waals surface area contributed by atoms with E-state index in [4.69, 9.17) is 23.7 Å². The Labute approximate surface area is 281 Å². The highest BCUT2D eigenvalue weighted by Crippen LogP contribution is 2.32. The summed E-state index contributed by atoms with van der Waals surface area (Å²) in [6.07, 6.45) is -1.55. The van der Waals surface area contributed by atoms with E-state index in [1.165, 1.54) is 7.11 Å². The van der Waals surface area contributed by atoms with Gasteiger partial charge in [-0.2, -0.15) is 0 Å². The normalized spacial score (nSPS) is 26.0. The van der Waals surface area contributed by atoms with Crippen LogP contribution in [0.2, 0.25) is 0 Å². The van der Waals surface area contributed by atoms with Crippen molar-refractivity contribution in [1.82, 2.24) is 10.6 Å². The number of ether oxygens (including phenoxy) is 5. The number of carbonyl (C=O) groups is 5. The van der Waals surface area contributed by atoms with Crippen molar-refractivity contribution in [3.8, 4) is 0 Å². The molecule has 0 radical (unpaired) electrons. The zero-order valence-corrected chi connectivity index (χ0v) is 27.9. The fourth-order valence-electron chi connectivity index (χ4n) is 5.32. The topological polar surface area (TPSA) is 188 Å². The standard InChI is InChI=1S/C34H49N3O11/c1-4-6-17-35-26(39)19-22-13-11-12-14-23(20-27(40)36-18-7-5-2)32(42)47-30-29(46-31(22)41)28(25(21-38)45-33(30)44-3)48-34(43)37-24-15-9-8-10-16-24/h8-12,15-16,22-23,25,28-30,33,38H,4-7,13-14,17-21H2,1-3H3,(H,35,39)(H,36,40)(H,37,43)/t22-,23-,25+,28+,29-,30+,33-/m0/s1. The van der Waals surface area contributed by atoms with Crippen LogP contribution in [0.25, 0.3) is 0 Å². The first kappa shape index (κ1) is 38.4. The molecule has 2 aliphatic rings. The van der Waals surface area contributed by atoms with Crippen LogP contribution in [-0.2, 0) is 42.9 Å². The Morgan fingerprint density at radius 2 is 1.40 bits per heavy atom. The molecule has 1 aromatic rings. The lowest BCUT2D eigenvalue weighted by Crippen LogP contribution is -2.63. The molecule has 1 aromatic carbocycles. The van der Waals surface area contributed by atoms with E-state index in [0.29, 0.717) is 18.8 Å². The number of esters is 2. The van der Waals surface area contributed by atoms with Crippen molar-refractivity contribution < 1.29 is 52.8 Å². The Morgan fingerprint density at radius 1 is 0.854 bits per heavy atom. The predicted molar refractivity (Wildman–Crippen MR) is 173 cm³/mol. The van der Waals surface area contributed by atoms with Crippen LogP contribution in [0.15, 0.2) is 42.5 Å². The zero-order chi connectivity index (χ0) is 34.9. The summed E-state index contributed by atoms with van der Waals surface area (Å²) in [6.45, 7) is 4.22. The number of methoxy groups -OCH3 is 1. The van der Waals surface area contributed by atoms with Gasteiger partial charge in [0.2, 0.25) is 11.8 Å². The minimum absolute atomic E-state index is 0.0928. The number of rotatable bonds is 14. The van der Waals surface area contributed by atoms with E-state index >= 15 is 0 Å². The van der Waals surface area contributed by atoms with Gasteiger partial charge >= 0.3 is 18.0 Å². The number of hydrogen-bond acceptors (Lipinski definition) is 11. The van der Waals surface area contributed by atoms with Crippen molar-refractivity contribution in [3.05, 3.63) is 42.5 Å². The Bertz CT molecular complexity index is 1230. The number of hydrogen-bond donors (Lipinski definition) is 4. The molecular weight excluding hydrogens is 626 g/mol. The lowest BCUT2D eigenvalue weighted by atomic mass is 9.94. The number of anilines is 1. The van der Waals surface area contributed by atoms with Gasteiger partial charge in [0.25, 0.3) is 0 Å². The molecule has 2 aliphatic heterocycles. The molecule has 1 fully saturated rings. The Balaban J connectivity index is 1.97. The van der Waals surface area contributed by atoms with Gasteiger partial charge in [-0.25, -0.2) is 4.79 Å². The second-order valence-corrected chi connectivity index (χ2v) is 11.8. The van der Waals surface area contributed by atoms with Crippen molar-refractivity contribution in [2.24, 2.45) is 11.8 Å². The van der Waals surface area contributed by atoms with E-state index in [2.05, 4.69) is 16.0 Å². The molecule has 3 amide bonds. The number of para-hydroxylation sites is 1. The number of unbranched alkanes of at least 4 members (excludes halogenated alkanes) is 2. The summed E-state index contributed by atoms with van der Waals surface area (Å²) in [5.41, 5.74) is 0.411. The van der Waals surface area contributed by atoms with Gasteiger partial charge < -0.3 is 39.4 Å². The highest BCUT2D eigenvalue weighted by molar-refractivity contribution is 5.85. The first-order valence-corrected chi connectivity index (χ1v) is 16.6. The van der Waals surface area contributed by atoms with Crippen molar-refractivity contribution in [1.29, 1.82) is 0 Å². The summed E-state index contributed by atoms with van der Waals surface area (Å²) < 4.78 is 28.8. The van der Waals surface area contributed by atoms with Gasteiger partial charge in [-0.15, -0.1) is 0 Å². The predicted octanol–water partition coefficient (Wildman–Crippen LogP) is 2.99. The van der Waals surface area contributed by atoms with Gasteiger partial charge in [-0.05, 0) is 37.8 Å². The van der Waals surface area contributed by atoms with Gasteiger partial charge in [0.05, 0.1) is 18.4 Å². The van der Waals surface area contributed by atoms with E-state index < -0.39 is 67.2 Å². The zero-order valence-electron chi connectivity index (χ0n) is 27.9. The van der Waals surface area contributed by atoms with Crippen LogP contribution in [0.1, 0.15) is 65.2 Å². The Hall–Kier alpha value is -4.01. The number of aliphatic hydroxyl groups is 1. The SMILES string of the molecule is CCCCNC(=O)C[C@@H]1CC=CC[C@@H](CC(=O)NCCCC)C(=O)O[C@H]2[C@@H](OC)O[C@H](CO)[C@@H](OC(=O)Nc3ccccc3)[C@@H]2OC1=O. The first-order valence-electron chi connectivity index (χ1n) is 16.6. The van der Waals surface area contributed by atoms with E-state index in [-0.39, 0.29) is 37.5 Å². The quantitative estimate of drug-likeness (QED) is 0.0983. The molecule has 266 valence electrons. The van der Waals surface area contributed by atoms with Crippen molar-refractivity contribution >= 4 is 35.5 Å². The summed E-state index contributed by atoms with van der Waals surface area (Å²) in [5, 5.41) is 18.4. The number of amides is 3. The van der Waals surface area contributed by atoms with Crippen LogP contribution in [0.4, 0.5) is 10.5 Å². The number of nitrogens with one attached hydrogen (secondary N) is 3. The molecule has 0 aromatic heterocycles. The van der Waals surface area contributed by atoms with Gasteiger partial charge in [-0.1, -0.05) is 57.0 Å². The largest absolute Gasteiger partial charge is 0.454 e. The number of allylic oxidation sites excluding steroid dienone is 2. The summed E-state index contributed by atoms with van der Waals surface area (Å²) in [7, 11) is 1.27. The molecule has 4 N–H and O–H groups in total. The molecule has 0 aliphatic carbocycles. The average Bonchev–Trinajstić information content (AvgIpc) is 3.07. The van der Waals surface area contributed by atoms with Crippen molar-refractivity contribution in [2.45, 2.75) is 95.9 Å². The maximum atomic E-state index is 13.7. The summed E-state index contributed by atoms with van der Waals surface area (Å²) in [5.74, 6) is -4.16. The molecule has 0 bridgehead atoms. The molecule has 0 unspecified atom stereocenters. The molecule has 1 saturated heterocycles. The number of benzene rings is 1. The molecule has 0 spiro atoms. The molecule has 2 heterocycles. The molecule has 7 atom stereocenters. The molecular formula is C34H49N3O11. The van der Waals surface area contributed by atoms with Crippen LogP contribution in [0.3, 0.4) is 0 Å². The molecule has 48 heavy (non-hydrogen) atoms. The third kappa shape index (κ3) is 11.9. The number of carbonyl (C=O) groups excluding carboxylic acids is 5. The molecule has 14 nitrogen and oxygen atoms in total. The summed E-state index contributed by atoms with van der Waals surface area (Å²) in [4.78, 5) is 66.0. The summed E-state index contributed by atoms with van der Waals surface area (Å²) >= 11 is 0. The average molecular weight is 676 g/mol. The van der Waals surface area contributed by atoms with Crippen molar-refractivity contribution in [3.63, 3.8) is 0 Å². The minimum Gasteiger partial charge on any atom is -0.454 e. The molecule has 3 rings (SSSR count). The molecule has 0 saturated carbocycles. The van der Waals surface area contributed by atoms with Crippen LogP contribution in [-0.4, -0.2) is 92.5 Å². The first-order chi connectivity index (χ1) is 23.2. The van der Waals surface area contributed by atoms with E-state index in [0.717, 1.165) is 25.7 Å². The second kappa shape index (κ2) is 20.4. The highest BCUT2D eigenvalue weighted by atomic mass is 16.7. The van der Waals surface area contributed by atoms with Gasteiger partial charge in [-0.3, -0.25) is 24.5 Å². The van der Waals surface area contributed by atoms with E-state index in [1.54, 1.807) is 42.5 Å². The van der Waals surface area contributed by atoms with Crippen LogP contribution in [0, 0.1) is 11.8 Å². The lowest BCUT2D eigenvalue weighted by Gasteiger charge is -2.44.